The van der Waals surface area contributed by atoms with Gasteiger partial charge in [-0.25, -0.2) is 4.98 Å². The van der Waals surface area contributed by atoms with Crippen LogP contribution in [0.15, 0.2) is 60.7 Å². The third kappa shape index (κ3) is 4.62. The van der Waals surface area contributed by atoms with Crippen LogP contribution in [0.1, 0.15) is 40.3 Å². The van der Waals surface area contributed by atoms with Crippen LogP contribution in [0, 0.1) is 12.8 Å². The normalized spacial score (nSPS) is 11.1. The quantitative estimate of drug-likeness (QED) is 0.458. The maximum atomic E-state index is 13.5. The Kier molecular flexibility index (Phi) is 6.22. The number of nitrogens with one attached hydrogen (secondary N) is 2. The Hall–Kier alpha value is -4.00. The van der Waals surface area contributed by atoms with Crippen molar-refractivity contribution in [3.63, 3.8) is 0 Å². The molecular formula is C26H27N5O2. The van der Waals surface area contributed by atoms with Crippen molar-refractivity contribution >= 4 is 28.5 Å². The minimum absolute atomic E-state index is 0.220. The summed E-state index contributed by atoms with van der Waals surface area (Å²) in [5.74, 6) is -0.215. The van der Waals surface area contributed by atoms with E-state index >= 15 is 0 Å². The Morgan fingerprint density at radius 2 is 1.67 bits per heavy atom. The number of nitrogens with zero attached hydrogens (tertiary/aromatic N) is 3. The van der Waals surface area contributed by atoms with Gasteiger partial charge in [-0.3, -0.25) is 14.3 Å². The van der Waals surface area contributed by atoms with Crippen LogP contribution in [0.3, 0.4) is 0 Å². The number of hydrogen-bond donors (Lipinski definition) is 2. The van der Waals surface area contributed by atoms with Crippen molar-refractivity contribution in [2.24, 2.45) is 13.0 Å². The highest BCUT2D eigenvalue weighted by Gasteiger charge is 2.21. The topological polar surface area (TPSA) is 88.9 Å². The molecule has 0 aliphatic rings. The number of para-hydroxylation sites is 1. The standard InChI is InChI=1S/C26H27N5O2/c1-16(2)15-27-25(32)19-12-8-9-13-21(19)29-26(33)20-14-22(18-10-6-5-7-11-18)28-24-23(20)17(3)30-31(24)4/h5-14,16H,15H2,1-4H3,(H,27,32)(H,29,33). The van der Waals surface area contributed by atoms with Crippen molar-refractivity contribution in [1.29, 1.82) is 0 Å². The fraction of sp³-hybridized carbons (Fsp3) is 0.231. The number of fused-ring (bicyclic) bond motifs is 1. The van der Waals surface area contributed by atoms with Gasteiger partial charge in [-0.05, 0) is 31.0 Å². The Balaban J connectivity index is 1.75. The van der Waals surface area contributed by atoms with Gasteiger partial charge in [0.05, 0.1) is 33.6 Å². The summed E-state index contributed by atoms with van der Waals surface area (Å²) in [5, 5.41) is 11.0. The van der Waals surface area contributed by atoms with Crippen molar-refractivity contribution in [2.75, 3.05) is 11.9 Å². The van der Waals surface area contributed by atoms with E-state index in [-0.39, 0.29) is 11.8 Å². The van der Waals surface area contributed by atoms with Gasteiger partial charge in [-0.1, -0.05) is 56.3 Å². The van der Waals surface area contributed by atoms with Gasteiger partial charge in [0.15, 0.2) is 5.65 Å². The number of amides is 2. The molecule has 0 atom stereocenters. The van der Waals surface area contributed by atoms with Crippen LogP contribution in [-0.2, 0) is 7.05 Å². The molecule has 0 radical (unpaired) electrons. The van der Waals surface area contributed by atoms with Gasteiger partial charge >= 0.3 is 0 Å². The van der Waals surface area contributed by atoms with E-state index in [1.165, 1.54) is 0 Å². The monoisotopic (exact) mass is 441 g/mol. The van der Waals surface area contributed by atoms with Crippen LogP contribution in [-0.4, -0.2) is 33.1 Å². The molecule has 0 aliphatic heterocycles. The first-order valence-corrected chi connectivity index (χ1v) is 10.9. The zero-order valence-electron chi connectivity index (χ0n) is 19.2. The summed E-state index contributed by atoms with van der Waals surface area (Å²) in [4.78, 5) is 31.0. The molecule has 7 nitrogen and oxygen atoms in total. The second kappa shape index (κ2) is 9.24. The largest absolute Gasteiger partial charge is 0.352 e. The second-order valence-corrected chi connectivity index (χ2v) is 8.43. The molecule has 4 rings (SSSR count). The maximum absolute atomic E-state index is 13.5. The minimum atomic E-state index is -0.320. The lowest BCUT2D eigenvalue weighted by Crippen LogP contribution is -2.28. The molecule has 0 saturated heterocycles. The lowest BCUT2D eigenvalue weighted by atomic mass is 10.0. The van der Waals surface area contributed by atoms with E-state index in [4.69, 9.17) is 4.98 Å². The molecule has 0 bridgehead atoms. The molecule has 33 heavy (non-hydrogen) atoms. The Labute approximate surface area is 192 Å². The molecule has 0 saturated carbocycles. The fourth-order valence-corrected chi connectivity index (χ4v) is 3.75. The van der Waals surface area contributed by atoms with Crippen LogP contribution >= 0.6 is 0 Å². The smallest absolute Gasteiger partial charge is 0.256 e. The number of anilines is 1. The van der Waals surface area contributed by atoms with Crippen molar-refractivity contribution in [1.82, 2.24) is 20.1 Å². The summed E-state index contributed by atoms with van der Waals surface area (Å²) in [6, 6.07) is 18.5. The summed E-state index contributed by atoms with van der Waals surface area (Å²) >= 11 is 0. The van der Waals surface area contributed by atoms with Crippen LogP contribution in [0.5, 0.6) is 0 Å². The molecule has 2 heterocycles. The van der Waals surface area contributed by atoms with E-state index in [2.05, 4.69) is 15.7 Å². The highest BCUT2D eigenvalue weighted by molar-refractivity contribution is 6.15. The number of carbonyl (C=O) groups excluding carboxylic acids is 2. The van der Waals surface area contributed by atoms with Crippen molar-refractivity contribution in [2.45, 2.75) is 20.8 Å². The highest BCUT2D eigenvalue weighted by Crippen LogP contribution is 2.28. The minimum Gasteiger partial charge on any atom is -0.352 e. The average molecular weight is 442 g/mol. The number of hydrogen-bond acceptors (Lipinski definition) is 4. The SMILES string of the molecule is Cc1nn(C)c2nc(-c3ccccc3)cc(C(=O)Nc3ccccc3C(=O)NCC(C)C)c12. The molecule has 0 spiro atoms. The Morgan fingerprint density at radius 1 is 0.970 bits per heavy atom. The average Bonchev–Trinajstić information content (AvgIpc) is 3.11. The summed E-state index contributed by atoms with van der Waals surface area (Å²) in [7, 11) is 1.81. The molecule has 2 aromatic heterocycles. The predicted molar refractivity (Wildman–Crippen MR) is 130 cm³/mol. The molecule has 2 aromatic carbocycles. The van der Waals surface area contributed by atoms with Gasteiger partial charge in [0.1, 0.15) is 0 Å². The van der Waals surface area contributed by atoms with Crippen LogP contribution in [0.25, 0.3) is 22.3 Å². The highest BCUT2D eigenvalue weighted by atomic mass is 16.2. The molecule has 0 aliphatic carbocycles. The van der Waals surface area contributed by atoms with Crippen LogP contribution < -0.4 is 10.6 Å². The van der Waals surface area contributed by atoms with Crippen molar-refractivity contribution < 1.29 is 9.59 Å². The third-order valence-corrected chi connectivity index (χ3v) is 5.37. The summed E-state index contributed by atoms with van der Waals surface area (Å²) in [5.41, 5.74) is 4.26. The first-order valence-electron chi connectivity index (χ1n) is 10.9. The van der Waals surface area contributed by atoms with Crippen molar-refractivity contribution in [3.05, 3.63) is 77.5 Å². The first-order chi connectivity index (χ1) is 15.8. The maximum Gasteiger partial charge on any atom is 0.256 e. The molecule has 168 valence electrons. The zero-order chi connectivity index (χ0) is 23.5. The van der Waals surface area contributed by atoms with E-state index in [1.807, 2.05) is 58.2 Å². The van der Waals surface area contributed by atoms with E-state index in [0.29, 0.717) is 51.7 Å². The fourth-order valence-electron chi connectivity index (χ4n) is 3.75. The number of rotatable bonds is 6. The number of pyridine rings is 1. The molecule has 2 amide bonds. The molecule has 7 heteroatoms. The van der Waals surface area contributed by atoms with Gasteiger partial charge < -0.3 is 10.6 Å². The third-order valence-electron chi connectivity index (χ3n) is 5.37. The Morgan fingerprint density at radius 3 is 2.39 bits per heavy atom. The Bertz CT molecular complexity index is 1330. The zero-order valence-corrected chi connectivity index (χ0v) is 19.2. The molecule has 4 aromatic rings. The molecule has 2 N–H and O–H groups in total. The summed E-state index contributed by atoms with van der Waals surface area (Å²) in [6.45, 7) is 6.48. The number of aryl methyl sites for hydroxylation is 2. The molecule has 0 fully saturated rings. The van der Waals surface area contributed by atoms with Crippen LogP contribution in [0.2, 0.25) is 0 Å². The van der Waals surface area contributed by atoms with Gasteiger partial charge in [0.25, 0.3) is 11.8 Å². The van der Waals surface area contributed by atoms with E-state index in [0.717, 1.165) is 5.56 Å². The van der Waals surface area contributed by atoms with E-state index in [1.54, 1.807) is 35.0 Å². The predicted octanol–water partition coefficient (Wildman–Crippen LogP) is 4.58. The lowest BCUT2D eigenvalue weighted by Gasteiger charge is -2.13. The van der Waals surface area contributed by atoms with Gasteiger partial charge in [-0.2, -0.15) is 5.10 Å². The number of aromatic nitrogens is 3. The van der Waals surface area contributed by atoms with Gasteiger partial charge in [-0.15, -0.1) is 0 Å². The molecule has 0 unspecified atom stereocenters. The second-order valence-electron chi connectivity index (χ2n) is 8.43. The van der Waals surface area contributed by atoms with E-state index < -0.39 is 0 Å². The van der Waals surface area contributed by atoms with Crippen molar-refractivity contribution in [3.8, 4) is 11.3 Å². The number of benzene rings is 2. The lowest BCUT2D eigenvalue weighted by molar-refractivity contribution is 0.0950. The first kappa shape index (κ1) is 22.2. The summed E-state index contributed by atoms with van der Waals surface area (Å²) < 4.78 is 1.68. The van der Waals surface area contributed by atoms with E-state index in [9.17, 15) is 9.59 Å². The van der Waals surface area contributed by atoms with Gasteiger partial charge in [0.2, 0.25) is 0 Å². The summed E-state index contributed by atoms with van der Waals surface area (Å²) in [6.07, 6.45) is 0. The molecular weight excluding hydrogens is 414 g/mol. The number of carbonyl (C=O) groups is 2. The van der Waals surface area contributed by atoms with Gasteiger partial charge in [0, 0.05) is 19.2 Å². The van der Waals surface area contributed by atoms with Crippen LogP contribution in [0.4, 0.5) is 5.69 Å².